The lowest BCUT2D eigenvalue weighted by Gasteiger charge is -2.46. The first-order valence-corrected chi connectivity index (χ1v) is 10.9. The van der Waals surface area contributed by atoms with Gasteiger partial charge in [0.2, 0.25) is 5.95 Å². The van der Waals surface area contributed by atoms with Crippen LogP contribution in [-0.4, -0.2) is 56.2 Å². The topological polar surface area (TPSA) is 96.2 Å². The number of aromatic nitrogens is 4. The summed E-state index contributed by atoms with van der Waals surface area (Å²) >= 11 is 1.42. The van der Waals surface area contributed by atoms with Gasteiger partial charge in [-0.05, 0) is 30.4 Å². The zero-order valence-corrected chi connectivity index (χ0v) is 17.7. The first-order chi connectivity index (χ1) is 14.5. The van der Waals surface area contributed by atoms with Gasteiger partial charge in [0.1, 0.15) is 11.4 Å². The molecule has 1 aliphatic rings. The molecule has 0 saturated carbocycles. The maximum absolute atomic E-state index is 13.3. The molecule has 30 heavy (non-hydrogen) atoms. The molecule has 0 aliphatic carbocycles. The van der Waals surface area contributed by atoms with E-state index in [2.05, 4.69) is 20.4 Å². The number of anilines is 1. The minimum Gasteiger partial charge on any atom is -0.388 e. The number of piperidine rings is 1. The first kappa shape index (κ1) is 20.4. The Balaban J connectivity index is 1.67. The first-order valence-electron chi connectivity index (χ1n) is 9.69. The van der Waals surface area contributed by atoms with E-state index < -0.39 is 11.6 Å². The van der Waals surface area contributed by atoms with Gasteiger partial charge in [-0.15, -0.1) is 11.8 Å². The maximum atomic E-state index is 13.3. The molecular weight excluding hydrogens is 400 g/mol. The van der Waals surface area contributed by atoms with E-state index in [1.165, 1.54) is 18.1 Å². The molecule has 4 rings (SSSR count). The number of pyridine rings is 1. The molecule has 3 heterocycles. The third-order valence-electron chi connectivity index (χ3n) is 5.54. The van der Waals surface area contributed by atoms with E-state index in [4.69, 9.17) is 0 Å². The van der Waals surface area contributed by atoms with Crippen LogP contribution in [0, 0.1) is 0 Å². The van der Waals surface area contributed by atoms with Crippen LogP contribution in [0.3, 0.4) is 0 Å². The van der Waals surface area contributed by atoms with E-state index in [0.717, 1.165) is 5.56 Å². The summed E-state index contributed by atoms with van der Waals surface area (Å²) in [5.74, 6) is 0.446. The Labute approximate surface area is 179 Å². The van der Waals surface area contributed by atoms with Crippen LogP contribution in [0.25, 0.3) is 0 Å². The largest absolute Gasteiger partial charge is 0.388 e. The van der Waals surface area contributed by atoms with Crippen LogP contribution in [0.5, 0.6) is 0 Å². The summed E-state index contributed by atoms with van der Waals surface area (Å²) in [5, 5.41) is 19.3. The Kier molecular flexibility index (Phi) is 5.74. The van der Waals surface area contributed by atoms with E-state index >= 15 is 0 Å². The normalized spacial score (nSPS) is 21.4. The summed E-state index contributed by atoms with van der Waals surface area (Å²) in [6.07, 6.45) is 4.73. The van der Waals surface area contributed by atoms with E-state index in [1.807, 2.05) is 48.5 Å². The predicted molar refractivity (Wildman–Crippen MR) is 115 cm³/mol. The van der Waals surface area contributed by atoms with Crippen molar-refractivity contribution in [2.45, 2.75) is 23.1 Å². The van der Waals surface area contributed by atoms with Gasteiger partial charge in [-0.3, -0.25) is 4.79 Å². The van der Waals surface area contributed by atoms with Crippen molar-refractivity contribution in [3.05, 3.63) is 66.1 Å². The van der Waals surface area contributed by atoms with Crippen LogP contribution in [0.1, 0.15) is 22.3 Å². The second-order valence-electron chi connectivity index (χ2n) is 7.25. The SMILES string of the molecule is CSc1ncccc1C(=O)N[C@@]1(c2ccccc2)CCN(c2ncnn2C)C[C@H]1O. The van der Waals surface area contributed by atoms with E-state index in [1.54, 1.807) is 23.0 Å². The van der Waals surface area contributed by atoms with E-state index in [0.29, 0.717) is 36.0 Å². The van der Waals surface area contributed by atoms with Crippen molar-refractivity contribution < 1.29 is 9.90 Å². The minimum absolute atomic E-state index is 0.248. The highest BCUT2D eigenvalue weighted by molar-refractivity contribution is 7.98. The van der Waals surface area contributed by atoms with Crippen molar-refractivity contribution in [3.8, 4) is 0 Å². The van der Waals surface area contributed by atoms with Crippen molar-refractivity contribution in [1.82, 2.24) is 25.1 Å². The van der Waals surface area contributed by atoms with Gasteiger partial charge >= 0.3 is 0 Å². The number of hydrogen-bond donors (Lipinski definition) is 2. The summed E-state index contributed by atoms with van der Waals surface area (Å²) in [6.45, 7) is 0.936. The Morgan fingerprint density at radius 2 is 2.03 bits per heavy atom. The van der Waals surface area contributed by atoms with Crippen LogP contribution in [0.4, 0.5) is 5.95 Å². The number of rotatable bonds is 5. The van der Waals surface area contributed by atoms with Crippen LogP contribution in [0.2, 0.25) is 0 Å². The van der Waals surface area contributed by atoms with Crippen LogP contribution in [0.15, 0.2) is 60.0 Å². The molecule has 2 atom stereocenters. The molecule has 0 spiro atoms. The Bertz CT molecular complexity index is 1030. The highest BCUT2D eigenvalue weighted by Gasteiger charge is 2.46. The number of thioether (sulfide) groups is 1. The molecule has 8 nitrogen and oxygen atoms in total. The fraction of sp³-hybridized carbons (Fsp3) is 0.333. The molecule has 2 N–H and O–H groups in total. The van der Waals surface area contributed by atoms with Crippen molar-refractivity contribution >= 4 is 23.6 Å². The molecule has 156 valence electrons. The second-order valence-corrected chi connectivity index (χ2v) is 8.04. The van der Waals surface area contributed by atoms with Crippen molar-refractivity contribution in [1.29, 1.82) is 0 Å². The molecule has 0 bridgehead atoms. The molecule has 1 aliphatic heterocycles. The Morgan fingerprint density at radius 1 is 1.23 bits per heavy atom. The van der Waals surface area contributed by atoms with Gasteiger partial charge < -0.3 is 15.3 Å². The van der Waals surface area contributed by atoms with Crippen molar-refractivity contribution in [3.63, 3.8) is 0 Å². The summed E-state index contributed by atoms with van der Waals surface area (Å²) in [4.78, 5) is 23.8. The standard InChI is InChI=1S/C21H24N6O2S/c1-26-20(23-14-24-26)27-12-10-21(17(28)13-27,15-7-4-3-5-8-15)25-18(29)16-9-6-11-22-19(16)30-2/h3-9,11,14,17,28H,10,12-13H2,1-2H3,(H,25,29)/t17-,21-/m1/s1. The Morgan fingerprint density at radius 3 is 2.70 bits per heavy atom. The number of aryl methyl sites for hydroxylation is 1. The third kappa shape index (κ3) is 3.66. The fourth-order valence-electron chi connectivity index (χ4n) is 3.98. The summed E-state index contributed by atoms with van der Waals surface area (Å²) in [5.41, 5.74) is 0.458. The number of carbonyl (C=O) groups excluding carboxylic acids is 1. The van der Waals surface area contributed by atoms with Crippen LogP contribution >= 0.6 is 11.8 Å². The maximum Gasteiger partial charge on any atom is 0.254 e. The molecule has 3 aromatic rings. The number of benzene rings is 1. The lowest BCUT2D eigenvalue weighted by molar-refractivity contribution is 0.0360. The number of nitrogens with one attached hydrogen (secondary N) is 1. The quantitative estimate of drug-likeness (QED) is 0.603. The molecule has 0 radical (unpaired) electrons. The monoisotopic (exact) mass is 424 g/mol. The molecule has 1 amide bonds. The molecule has 0 unspecified atom stereocenters. The number of aliphatic hydroxyl groups excluding tert-OH is 1. The molecule has 1 saturated heterocycles. The van der Waals surface area contributed by atoms with Gasteiger partial charge in [-0.1, -0.05) is 30.3 Å². The number of amides is 1. The summed E-state index contributed by atoms with van der Waals surface area (Å²) in [7, 11) is 1.82. The van der Waals surface area contributed by atoms with Gasteiger partial charge in [-0.2, -0.15) is 10.1 Å². The average Bonchev–Trinajstić information content (AvgIpc) is 3.21. The van der Waals surface area contributed by atoms with Gasteiger partial charge in [-0.25, -0.2) is 9.67 Å². The van der Waals surface area contributed by atoms with Gasteiger partial charge in [0.05, 0.1) is 17.2 Å². The molecule has 9 heteroatoms. The Hall–Kier alpha value is -2.91. The van der Waals surface area contributed by atoms with E-state index in [-0.39, 0.29) is 5.91 Å². The highest BCUT2D eigenvalue weighted by Crippen LogP contribution is 2.35. The fourth-order valence-corrected chi connectivity index (χ4v) is 4.53. The molecule has 1 fully saturated rings. The number of nitrogens with zero attached hydrogens (tertiary/aromatic N) is 5. The third-order valence-corrected chi connectivity index (χ3v) is 6.26. The molecule has 2 aromatic heterocycles. The number of aliphatic hydroxyl groups is 1. The second kappa shape index (κ2) is 8.45. The van der Waals surface area contributed by atoms with Gasteiger partial charge in [0.25, 0.3) is 5.91 Å². The number of hydrogen-bond acceptors (Lipinski definition) is 7. The van der Waals surface area contributed by atoms with Crippen molar-refractivity contribution in [2.24, 2.45) is 7.05 Å². The lowest BCUT2D eigenvalue weighted by Crippen LogP contribution is -2.62. The average molecular weight is 425 g/mol. The van der Waals surface area contributed by atoms with Gasteiger partial charge in [0.15, 0.2) is 0 Å². The molecular formula is C21H24N6O2S. The summed E-state index contributed by atoms with van der Waals surface area (Å²) < 4.78 is 1.68. The van der Waals surface area contributed by atoms with Crippen LogP contribution < -0.4 is 10.2 Å². The predicted octanol–water partition coefficient (Wildman–Crippen LogP) is 1.83. The zero-order valence-electron chi connectivity index (χ0n) is 16.9. The van der Waals surface area contributed by atoms with Crippen LogP contribution in [-0.2, 0) is 12.6 Å². The van der Waals surface area contributed by atoms with E-state index in [9.17, 15) is 9.90 Å². The number of β-amino-alcohol motifs (C(OH)–C–C–N with tert-alkyl or cyclic N) is 1. The summed E-state index contributed by atoms with van der Waals surface area (Å²) in [6, 6.07) is 13.2. The van der Waals surface area contributed by atoms with Crippen molar-refractivity contribution in [2.75, 3.05) is 24.2 Å². The zero-order chi connectivity index (χ0) is 21.1. The minimum atomic E-state index is -0.918. The highest BCUT2D eigenvalue weighted by atomic mass is 32.2. The number of carbonyl (C=O) groups is 1. The molecule has 1 aromatic carbocycles. The lowest BCUT2D eigenvalue weighted by atomic mass is 9.78. The smallest absolute Gasteiger partial charge is 0.254 e. The van der Waals surface area contributed by atoms with Gasteiger partial charge in [0, 0.05) is 26.3 Å².